The van der Waals surface area contributed by atoms with Crippen molar-refractivity contribution in [1.29, 1.82) is 0 Å². The van der Waals surface area contributed by atoms with Crippen LogP contribution in [0.25, 0.3) is 11.3 Å². The average Bonchev–Trinajstić information content (AvgIpc) is 2.68. The zero-order valence-electron chi connectivity index (χ0n) is 7.97. The molecule has 1 aromatic carbocycles. The highest BCUT2D eigenvalue weighted by Crippen LogP contribution is 2.24. The predicted octanol–water partition coefficient (Wildman–Crippen LogP) is 3.00. The number of hydrogen-bond acceptors (Lipinski definition) is 2. The highest BCUT2D eigenvalue weighted by Gasteiger charge is 2.07. The van der Waals surface area contributed by atoms with Crippen molar-refractivity contribution in [3.63, 3.8) is 0 Å². The van der Waals surface area contributed by atoms with Crippen LogP contribution < -0.4 is 0 Å². The zero-order valence-corrected chi connectivity index (χ0v) is 7.97. The average molecular weight is 188 g/mol. The summed E-state index contributed by atoms with van der Waals surface area (Å²) in [7, 11) is 0. The van der Waals surface area contributed by atoms with E-state index in [0.717, 1.165) is 11.3 Å². The number of aliphatic hydroxyl groups excluding tert-OH is 1. The van der Waals surface area contributed by atoms with Gasteiger partial charge in [-0.3, -0.25) is 0 Å². The molecule has 1 aromatic heterocycles. The van der Waals surface area contributed by atoms with Crippen LogP contribution in [0, 0.1) is 0 Å². The second-order valence-corrected chi connectivity index (χ2v) is 3.24. The second-order valence-electron chi connectivity index (χ2n) is 3.24. The van der Waals surface area contributed by atoms with Gasteiger partial charge in [0.2, 0.25) is 0 Å². The molecule has 1 unspecified atom stereocenters. The van der Waals surface area contributed by atoms with Crippen LogP contribution in [0.4, 0.5) is 0 Å². The topological polar surface area (TPSA) is 33.4 Å². The van der Waals surface area contributed by atoms with Crippen molar-refractivity contribution in [3.8, 4) is 11.3 Å². The van der Waals surface area contributed by atoms with Crippen LogP contribution in [0.3, 0.4) is 0 Å². The monoisotopic (exact) mass is 188 g/mol. The third-order valence-corrected chi connectivity index (χ3v) is 2.10. The molecule has 72 valence electrons. The van der Waals surface area contributed by atoms with Crippen molar-refractivity contribution in [3.05, 3.63) is 48.2 Å². The summed E-state index contributed by atoms with van der Waals surface area (Å²) in [5.74, 6) is 1.39. The molecular formula is C12H12O2. The Bertz CT molecular complexity index is 401. The van der Waals surface area contributed by atoms with E-state index in [1.807, 2.05) is 36.4 Å². The van der Waals surface area contributed by atoms with Crippen molar-refractivity contribution >= 4 is 0 Å². The Morgan fingerprint density at radius 2 is 1.79 bits per heavy atom. The fourth-order valence-corrected chi connectivity index (χ4v) is 1.33. The van der Waals surface area contributed by atoms with Crippen molar-refractivity contribution in [2.24, 2.45) is 0 Å². The van der Waals surface area contributed by atoms with Crippen molar-refractivity contribution < 1.29 is 9.52 Å². The molecule has 0 bridgehead atoms. The Labute approximate surface area is 82.8 Å². The van der Waals surface area contributed by atoms with Crippen LogP contribution in [0.2, 0.25) is 0 Å². The quantitative estimate of drug-likeness (QED) is 0.785. The molecule has 0 aliphatic rings. The van der Waals surface area contributed by atoms with Gasteiger partial charge in [0.05, 0.1) is 0 Å². The lowest BCUT2D eigenvalue weighted by molar-refractivity contribution is 0.170. The van der Waals surface area contributed by atoms with E-state index in [1.54, 1.807) is 13.0 Å². The summed E-state index contributed by atoms with van der Waals surface area (Å²) in [5, 5.41) is 9.29. The van der Waals surface area contributed by atoms with Gasteiger partial charge in [0, 0.05) is 5.56 Å². The van der Waals surface area contributed by atoms with E-state index in [4.69, 9.17) is 4.42 Å². The third-order valence-electron chi connectivity index (χ3n) is 2.10. The molecular weight excluding hydrogens is 176 g/mol. The molecule has 0 radical (unpaired) electrons. The van der Waals surface area contributed by atoms with Crippen molar-refractivity contribution in [1.82, 2.24) is 0 Å². The fourth-order valence-electron chi connectivity index (χ4n) is 1.33. The summed E-state index contributed by atoms with van der Waals surface area (Å²) in [6.45, 7) is 1.69. The van der Waals surface area contributed by atoms with Crippen LogP contribution >= 0.6 is 0 Å². The molecule has 1 atom stereocenters. The Kier molecular flexibility index (Phi) is 2.37. The summed E-state index contributed by atoms with van der Waals surface area (Å²) >= 11 is 0. The summed E-state index contributed by atoms with van der Waals surface area (Å²) in [4.78, 5) is 0. The van der Waals surface area contributed by atoms with Crippen LogP contribution in [0.15, 0.2) is 46.9 Å². The van der Waals surface area contributed by atoms with Gasteiger partial charge >= 0.3 is 0 Å². The number of benzene rings is 1. The Morgan fingerprint density at radius 3 is 2.36 bits per heavy atom. The normalized spacial score (nSPS) is 12.7. The van der Waals surface area contributed by atoms with Gasteiger partial charge in [-0.1, -0.05) is 30.3 Å². The molecule has 0 aliphatic carbocycles. The summed E-state index contributed by atoms with van der Waals surface area (Å²) in [6, 6.07) is 13.5. The van der Waals surface area contributed by atoms with Gasteiger partial charge in [-0.05, 0) is 19.1 Å². The number of aliphatic hydroxyl groups is 1. The fraction of sp³-hybridized carbons (Fsp3) is 0.167. The summed E-state index contributed by atoms with van der Waals surface area (Å²) < 4.78 is 5.48. The van der Waals surface area contributed by atoms with Crippen molar-refractivity contribution in [2.75, 3.05) is 0 Å². The molecule has 14 heavy (non-hydrogen) atoms. The highest BCUT2D eigenvalue weighted by molar-refractivity contribution is 5.57. The first kappa shape index (κ1) is 9.03. The molecule has 1 heterocycles. The molecule has 0 amide bonds. The van der Waals surface area contributed by atoms with Crippen LogP contribution in [0.5, 0.6) is 0 Å². The van der Waals surface area contributed by atoms with E-state index in [-0.39, 0.29) is 0 Å². The van der Waals surface area contributed by atoms with Crippen LogP contribution in [0.1, 0.15) is 18.8 Å². The highest BCUT2D eigenvalue weighted by atomic mass is 16.4. The summed E-state index contributed by atoms with van der Waals surface area (Å²) in [6.07, 6.45) is -0.549. The first-order chi connectivity index (χ1) is 6.77. The smallest absolute Gasteiger partial charge is 0.134 e. The maximum atomic E-state index is 9.29. The maximum absolute atomic E-state index is 9.29. The van der Waals surface area contributed by atoms with Crippen LogP contribution in [-0.4, -0.2) is 5.11 Å². The zero-order chi connectivity index (χ0) is 9.97. The SMILES string of the molecule is CC(O)c1ccc(-c2ccccc2)o1. The van der Waals surface area contributed by atoms with Gasteiger partial charge in [-0.2, -0.15) is 0 Å². The lowest BCUT2D eigenvalue weighted by Gasteiger charge is -1.98. The molecule has 0 saturated carbocycles. The van der Waals surface area contributed by atoms with Gasteiger partial charge in [-0.25, -0.2) is 0 Å². The third kappa shape index (κ3) is 1.70. The number of furan rings is 1. The standard InChI is InChI=1S/C12H12O2/c1-9(13)11-7-8-12(14-11)10-5-3-2-4-6-10/h2-9,13H,1H3. The Hall–Kier alpha value is -1.54. The van der Waals surface area contributed by atoms with Crippen molar-refractivity contribution in [2.45, 2.75) is 13.0 Å². The lowest BCUT2D eigenvalue weighted by Crippen LogP contribution is -1.85. The minimum atomic E-state index is -0.549. The van der Waals surface area contributed by atoms with Gasteiger partial charge in [0.25, 0.3) is 0 Å². The molecule has 2 nitrogen and oxygen atoms in total. The van der Waals surface area contributed by atoms with Gasteiger partial charge in [0.1, 0.15) is 17.6 Å². The van der Waals surface area contributed by atoms with E-state index in [1.165, 1.54) is 0 Å². The Morgan fingerprint density at radius 1 is 1.07 bits per heavy atom. The molecule has 0 saturated heterocycles. The van der Waals surface area contributed by atoms with Crippen LogP contribution in [-0.2, 0) is 0 Å². The maximum Gasteiger partial charge on any atom is 0.134 e. The van der Waals surface area contributed by atoms with Gasteiger partial charge in [0.15, 0.2) is 0 Å². The first-order valence-corrected chi connectivity index (χ1v) is 4.60. The minimum Gasteiger partial charge on any atom is -0.458 e. The molecule has 1 N–H and O–H groups in total. The van der Waals surface area contributed by atoms with E-state index >= 15 is 0 Å². The van der Waals surface area contributed by atoms with E-state index in [9.17, 15) is 5.11 Å². The van der Waals surface area contributed by atoms with Gasteiger partial charge < -0.3 is 9.52 Å². The molecule has 0 aliphatic heterocycles. The largest absolute Gasteiger partial charge is 0.458 e. The van der Waals surface area contributed by atoms with Gasteiger partial charge in [-0.15, -0.1) is 0 Å². The number of hydrogen-bond donors (Lipinski definition) is 1. The predicted molar refractivity (Wildman–Crippen MR) is 54.8 cm³/mol. The lowest BCUT2D eigenvalue weighted by atomic mass is 10.2. The molecule has 2 heteroatoms. The minimum absolute atomic E-state index is 0.549. The van der Waals surface area contributed by atoms with E-state index in [0.29, 0.717) is 5.76 Å². The molecule has 0 fully saturated rings. The number of rotatable bonds is 2. The second kappa shape index (κ2) is 3.68. The van der Waals surface area contributed by atoms with E-state index in [2.05, 4.69) is 0 Å². The molecule has 0 spiro atoms. The Balaban J connectivity index is 2.34. The first-order valence-electron chi connectivity index (χ1n) is 4.60. The summed E-state index contributed by atoms with van der Waals surface area (Å²) in [5.41, 5.74) is 1.03. The molecule has 2 aromatic rings. The van der Waals surface area contributed by atoms with E-state index < -0.39 is 6.10 Å². The molecule has 2 rings (SSSR count).